The molecule has 0 amide bonds. The minimum absolute atomic E-state index is 0.0107. The van der Waals surface area contributed by atoms with E-state index >= 15 is 0 Å². The third-order valence-corrected chi connectivity index (χ3v) is 3.16. The van der Waals surface area contributed by atoms with Gasteiger partial charge in [-0.3, -0.25) is 4.79 Å². The summed E-state index contributed by atoms with van der Waals surface area (Å²) in [6.07, 6.45) is 6.25. The number of hydrogen-bond acceptors (Lipinski definition) is 3. The normalized spacial score (nSPS) is 26.5. The molecular weight excluding hydrogens is 202 g/mol. The van der Waals surface area contributed by atoms with E-state index in [9.17, 15) is 4.79 Å². The molecule has 0 radical (unpaired) electrons. The van der Waals surface area contributed by atoms with Gasteiger partial charge in [-0.1, -0.05) is 19.8 Å². The highest BCUT2D eigenvalue weighted by molar-refractivity contribution is 5.71. The Kier molecular flexibility index (Phi) is 5.81. The maximum atomic E-state index is 11.4. The van der Waals surface area contributed by atoms with E-state index in [0.29, 0.717) is 12.6 Å². The molecule has 1 saturated carbocycles. The minimum Gasteiger partial charge on any atom is -0.462 e. The molecule has 0 bridgehead atoms. The van der Waals surface area contributed by atoms with Crippen molar-refractivity contribution in [2.45, 2.75) is 65.0 Å². The van der Waals surface area contributed by atoms with Gasteiger partial charge in [-0.25, -0.2) is 0 Å². The van der Waals surface area contributed by atoms with Crippen molar-refractivity contribution in [2.75, 3.05) is 6.54 Å². The van der Waals surface area contributed by atoms with Crippen LogP contribution in [0, 0.1) is 5.92 Å². The monoisotopic (exact) mass is 227 g/mol. The summed E-state index contributed by atoms with van der Waals surface area (Å²) in [6, 6.07) is 0.504. The first kappa shape index (κ1) is 13.5. The van der Waals surface area contributed by atoms with Crippen LogP contribution in [0.2, 0.25) is 0 Å². The lowest BCUT2D eigenvalue weighted by molar-refractivity contribution is -0.146. The molecule has 1 aliphatic carbocycles. The fraction of sp³-hybridized carbons (Fsp3) is 0.923. The summed E-state index contributed by atoms with van der Waals surface area (Å²) in [4.78, 5) is 11.4. The van der Waals surface area contributed by atoms with Crippen LogP contribution < -0.4 is 5.32 Å². The Morgan fingerprint density at radius 2 is 2.06 bits per heavy atom. The molecule has 0 aromatic rings. The number of rotatable bonds is 4. The van der Waals surface area contributed by atoms with E-state index in [4.69, 9.17) is 4.74 Å². The molecule has 1 rings (SSSR count). The van der Waals surface area contributed by atoms with Gasteiger partial charge in [-0.05, 0) is 39.0 Å². The van der Waals surface area contributed by atoms with Crippen LogP contribution in [-0.4, -0.2) is 24.7 Å². The molecule has 1 fully saturated rings. The van der Waals surface area contributed by atoms with Crippen LogP contribution in [0.5, 0.6) is 0 Å². The third-order valence-electron chi connectivity index (χ3n) is 3.16. The summed E-state index contributed by atoms with van der Waals surface area (Å²) in [7, 11) is 0. The average molecular weight is 227 g/mol. The Morgan fingerprint density at radius 3 is 2.75 bits per heavy atom. The fourth-order valence-electron chi connectivity index (χ4n) is 2.22. The zero-order chi connectivity index (χ0) is 12.0. The number of carbonyl (C=O) groups excluding carboxylic acids is 1. The maximum absolute atomic E-state index is 11.4. The Labute approximate surface area is 98.9 Å². The fourth-order valence-corrected chi connectivity index (χ4v) is 2.22. The van der Waals surface area contributed by atoms with Crippen molar-refractivity contribution in [1.82, 2.24) is 5.32 Å². The molecule has 2 atom stereocenters. The molecule has 0 heterocycles. The Balaban J connectivity index is 2.19. The zero-order valence-corrected chi connectivity index (χ0v) is 10.8. The van der Waals surface area contributed by atoms with Gasteiger partial charge in [-0.2, -0.15) is 0 Å². The minimum atomic E-state index is -0.132. The summed E-state index contributed by atoms with van der Waals surface area (Å²) < 4.78 is 5.09. The molecule has 0 saturated heterocycles. The quantitative estimate of drug-likeness (QED) is 0.592. The van der Waals surface area contributed by atoms with Crippen molar-refractivity contribution >= 4 is 5.97 Å². The third kappa shape index (κ3) is 5.50. The van der Waals surface area contributed by atoms with E-state index in [1.807, 2.05) is 13.8 Å². The van der Waals surface area contributed by atoms with E-state index in [2.05, 4.69) is 12.2 Å². The Bertz CT molecular complexity index is 216. The molecule has 3 nitrogen and oxygen atoms in total. The van der Waals surface area contributed by atoms with E-state index in [0.717, 1.165) is 5.92 Å². The van der Waals surface area contributed by atoms with Gasteiger partial charge < -0.3 is 10.1 Å². The van der Waals surface area contributed by atoms with E-state index in [1.165, 1.54) is 32.1 Å². The zero-order valence-electron chi connectivity index (χ0n) is 10.8. The summed E-state index contributed by atoms with van der Waals surface area (Å²) in [5.74, 6) is 0.710. The lowest BCUT2D eigenvalue weighted by Gasteiger charge is -2.16. The smallest absolute Gasteiger partial charge is 0.320 e. The van der Waals surface area contributed by atoms with Crippen molar-refractivity contribution in [2.24, 2.45) is 5.92 Å². The molecule has 16 heavy (non-hydrogen) atoms. The first-order valence-electron chi connectivity index (χ1n) is 6.50. The van der Waals surface area contributed by atoms with Gasteiger partial charge in [0.2, 0.25) is 0 Å². The van der Waals surface area contributed by atoms with Gasteiger partial charge >= 0.3 is 5.97 Å². The Hall–Kier alpha value is -0.570. The molecule has 0 aromatic heterocycles. The second-order valence-electron chi connectivity index (χ2n) is 5.23. The van der Waals surface area contributed by atoms with Gasteiger partial charge in [-0.15, -0.1) is 0 Å². The second kappa shape index (κ2) is 6.89. The summed E-state index contributed by atoms with van der Waals surface area (Å²) in [6.45, 7) is 6.43. The molecule has 0 aliphatic heterocycles. The number of carbonyl (C=O) groups is 1. The number of nitrogens with one attached hydrogen (secondary N) is 1. The van der Waals surface area contributed by atoms with Crippen LogP contribution in [-0.2, 0) is 9.53 Å². The molecular formula is C13H25NO2. The number of hydrogen-bond donors (Lipinski definition) is 1. The maximum Gasteiger partial charge on any atom is 0.320 e. The topological polar surface area (TPSA) is 38.3 Å². The summed E-state index contributed by atoms with van der Waals surface area (Å²) >= 11 is 0. The largest absolute Gasteiger partial charge is 0.462 e. The van der Waals surface area contributed by atoms with E-state index < -0.39 is 0 Å². The predicted octanol–water partition coefficient (Wildman–Crippen LogP) is 2.50. The number of ether oxygens (including phenoxy) is 1. The lowest BCUT2D eigenvalue weighted by atomic mass is 10.0. The van der Waals surface area contributed by atoms with Crippen LogP contribution >= 0.6 is 0 Å². The van der Waals surface area contributed by atoms with Gasteiger partial charge in [0.1, 0.15) is 0 Å². The van der Waals surface area contributed by atoms with Gasteiger partial charge in [0.05, 0.1) is 12.6 Å². The SMILES string of the molecule is CC1CCCC(NCC(=O)OC(C)C)CC1. The highest BCUT2D eigenvalue weighted by Gasteiger charge is 2.16. The van der Waals surface area contributed by atoms with Gasteiger partial charge in [0.15, 0.2) is 0 Å². The first-order valence-corrected chi connectivity index (χ1v) is 6.50. The lowest BCUT2D eigenvalue weighted by Crippen LogP contribution is -2.34. The molecule has 3 heteroatoms. The van der Waals surface area contributed by atoms with Crippen molar-refractivity contribution < 1.29 is 9.53 Å². The highest BCUT2D eigenvalue weighted by Crippen LogP contribution is 2.22. The van der Waals surface area contributed by atoms with Crippen LogP contribution in [0.15, 0.2) is 0 Å². The molecule has 0 aromatic carbocycles. The molecule has 94 valence electrons. The number of esters is 1. The van der Waals surface area contributed by atoms with Gasteiger partial charge in [0, 0.05) is 6.04 Å². The van der Waals surface area contributed by atoms with Crippen molar-refractivity contribution in [3.05, 3.63) is 0 Å². The van der Waals surface area contributed by atoms with Crippen LogP contribution in [0.1, 0.15) is 52.9 Å². The molecule has 0 spiro atoms. The highest BCUT2D eigenvalue weighted by atomic mass is 16.5. The van der Waals surface area contributed by atoms with E-state index in [-0.39, 0.29) is 12.1 Å². The summed E-state index contributed by atoms with van der Waals surface area (Å²) in [5, 5.41) is 3.31. The predicted molar refractivity (Wildman–Crippen MR) is 65.3 cm³/mol. The van der Waals surface area contributed by atoms with Crippen LogP contribution in [0.25, 0.3) is 0 Å². The molecule has 2 unspecified atom stereocenters. The van der Waals surface area contributed by atoms with Crippen molar-refractivity contribution in [1.29, 1.82) is 0 Å². The first-order chi connectivity index (χ1) is 7.58. The van der Waals surface area contributed by atoms with Crippen molar-refractivity contribution in [3.63, 3.8) is 0 Å². The second-order valence-corrected chi connectivity index (χ2v) is 5.23. The van der Waals surface area contributed by atoms with Crippen molar-refractivity contribution in [3.8, 4) is 0 Å². The van der Waals surface area contributed by atoms with E-state index in [1.54, 1.807) is 0 Å². The van der Waals surface area contributed by atoms with Gasteiger partial charge in [0.25, 0.3) is 0 Å². The standard InChI is InChI=1S/C13H25NO2/c1-10(2)16-13(15)9-14-12-6-4-5-11(3)7-8-12/h10-12,14H,4-9H2,1-3H3. The van der Waals surface area contributed by atoms with Crippen LogP contribution in [0.4, 0.5) is 0 Å². The molecule has 1 aliphatic rings. The van der Waals surface area contributed by atoms with Crippen LogP contribution in [0.3, 0.4) is 0 Å². The molecule has 1 N–H and O–H groups in total. The average Bonchev–Trinajstić information content (AvgIpc) is 2.39. The summed E-state index contributed by atoms with van der Waals surface area (Å²) in [5.41, 5.74) is 0. The Morgan fingerprint density at radius 1 is 1.31 bits per heavy atom.